The second kappa shape index (κ2) is 4.28. The summed E-state index contributed by atoms with van der Waals surface area (Å²) in [6.45, 7) is 0.105. The normalized spacial score (nSPS) is 10.9. The molecule has 0 fully saturated rings. The van der Waals surface area contributed by atoms with Gasteiger partial charge in [0.15, 0.2) is 0 Å². The van der Waals surface area contributed by atoms with Crippen molar-refractivity contribution in [2.75, 3.05) is 0 Å². The molecule has 2 heterocycles. The number of aliphatic hydroxyl groups excluding tert-OH is 1. The number of aromatic nitrogens is 1. The maximum Gasteiger partial charge on any atom is 0.0774 e. The maximum atomic E-state index is 9.11. The molecule has 2 nitrogen and oxygen atoms in total. The Morgan fingerprint density at radius 1 is 1.06 bits per heavy atom. The van der Waals surface area contributed by atoms with Crippen molar-refractivity contribution in [2.45, 2.75) is 6.61 Å². The van der Waals surface area contributed by atoms with Gasteiger partial charge < -0.3 is 5.11 Å². The summed E-state index contributed by atoms with van der Waals surface area (Å²) >= 11 is 1.62. The van der Waals surface area contributed by atoms with Crippen LogP contribution in [-0.4, -0.2) is 10.1 Å². The zero-order valence-corrected chi connectivity index (χ0v) is 9.95. The first-order chi connectivity index (χ1) is 8.38. The van der Waals surface area contributed by atoms with Gasteiger partial charge in [-0.05, 0) is 24.3 Å². The number of aliphatic hydroxyl groups is 1. The molecule has 0 spiro atoms. The van der Waals surface area contributed by atoms with Crippen LogP contribution in [0.15, 0.2) is 48.7 Å². The fraction of sp³-hybridized carbons (Fsp3) is 0.0714. The molecular weight excluding hydrogens is 230 g/mol. The number of thiophene rings is 1. The number of para-hydroxylation sites is 1. The van der Waals surface area contributed by atoms with Crippen LogP contribution >= 0.6 is 11.3 Å². The highest BCUT2D eigenvalue weighted by atomic mass is 32.1. The standard InChI is InChI=1S/C14H11NOS/c16-9-10-5-6-14(17-10)12-7-8-15-13-4-2-1-3-11(12)13/h1-8,16H,9H2. The molecule has 0 saturated carbocycles. The second-order valence-corrected chi connectivity index (χ2v) is 4.97. The predicted molar refractivity (Wildman–Crippen MR) is 71.0 cm³/mol. The van der Waals surface area contributed by atoms with Crippen molar-refractivity contribution in [1.82, 2.24) is 4.98 Å². The maximum absolute atomic E-state index is 9.11. The van der Waals surface area contributed by atoms with Gasteiger partial charge in [-0.1, -0.05) is 18.2 Å². The van der Waals surface area contributed by atoms with Gasteiger partial charge in [0, 0.05) is 26.9 Å². The van der Waals surface area contributed by atoms with Gasteiger partial charge in [0.2, 0.25) is 0 Å². The summed E-state index contributed by atoms with van der Waals surface area (Å²) in [6, 6.07) is 14.2. The van der Waals surface area contributed by atoms with Crippen LogP contribution in [0.2, 0.25) is 0 Å². The predicted octanol–water partition coefficient (Wildman–Crippen LogP) is 3.46. The number of fused-ring (bicyclic) bond motifs is 1. The summed E-state index contributed by atoms with van der Waals surface area (Å²) in [4.78, 5) is 6.51. The SMILES string of the molecule is OCc1ccc(-c2ccnc3ccccc23)s1. The summed E-state index contributed by atoms with van der Waals surface area (Å²) in [5.74, 6) is 0. The van der Waals surface area contributed by atoms with E-state index in [9.17, 15) is 0 Å². The summed E-state index contributed by atoms with van der Waals surface area (Å²) in [5.41, 5.74) is 2.18. The van der Waals surface area contributed by atoms with Crippen molar-refractivity contribution in [1.29, 1.82) is 0 Å². The average Bonchev–Trinajstić information content (AvgIpc) is 2.87. The Kier molecular flexibility index (Phi) is 2.63. The molecule has 0 saturated heterocycles. The molecule has 3 rings (SSSR count). The molecule has 0 atom stereocenters. The summed E-state index contributed by atoms with van der Waals surface area (Å²) in [6.07, 6.45) is 1.83. The lowest BCUT2D eigenvalue weighted by molar-refractivity contribution is 0.285. The molecule has 1 N–H and O–H groups in total. The van der Waals surface area contributed by atoms with Crippen molar-refractivity contribution in [3.05, 3.63) is 53.5 Å². The quantitative estimate of drug-likeness (QED) is 0.745. The molecule has 0 radical (unpaired) electrons. The van der Waals surface area contributed by atoms with E-state index < -0.39 is 0 Å². The van der Waals surface area contributed by atoms with Crippen molar-refractivity contribution in [3.8, 4) is 10.4 Å². The van der Waals surface area contributed by atoms with Gasteiger partial charge in [0.05, 0.1) is 12.1 Å². The minimum absolute atomic E-state index is 0.105. The summed E-state index contributed by atoms with van der Waals surface area (Å²) in [5, 5.41) is 10.3. The minimum atomic E-state index is 0.105. The molecular formula is C14H11NOS. The first-order valence-corrected chi connectivity index (χ1v) is 6.24. The number of nitrogens with zero attached hydrogens (tertiary/aromatic N) is 1. The minimum Gasteiger partial charge on any atom is -0.391 e. The van der Waals surface area contributed by atoms with Crippen LogP contribution in [0.3, 0.4) is 0 Å². The molecule has 0 aliphatic heterocycles. The lowest BCUT2D eigenvalue weighted by Crippen LogP contribution is -1.81. The molecule has 0 aliphatic carbocycles. The Bertz CT molecular complexity index is 655. The van der Waals surface area contributed by atoms with Crippen LogP contribution in [0.4, 0.5) is 0 Å². The van der Waals surface area contributed by atoms with Crippen LogP contribution in [0.1, 0.15) is 4.88 Å². The third-order valence-electron chi connectivity index (χ3n) is 2.73. The Hall–Kier alpha value is -1.71. The van der Waals surface area contributed by atoms with Crippen molar-refractivity contribution in [2.24, 2.45) is 0 Å². The number of hydrogen-bond acceptors (Lipinski definition) is 3. The Morgan fingerprint density at radius 3 is 2.76 bits per heavy atom. The van der Waals surface area contributed by atoms with Crippen LogP contribution < -0.4 is 0 Å². The van der Waals surface area contributed by atoms with Gasteiger partial charge in [-0.2, -0.15) is 0 Å². The molecule has 17 heavy (non-hydrogen) atoms. The van der Waals surface area contributed by atoms with E-state index in [2.05, 4.69) is 17.1 Å². The zero-order valence-electron chi connectivity index (χ0n) is 9.13. The topological polar surface area (TPSA) is 33.1 Å². The van der Waals surface area contributed by atoms with Crippen molar-refractivity contribution < 1.29 is 5.11 Å². The van der Waals surface area contributed by atoms with E-state index in [0.29, 0.717) is 0 Å². The molecule has 2 aromatic heterocycles. The van der Waals surface area contributed by atoms with Crippen LogP contribution in [0.5, 0.6) is 0 Å². The van der Waals surface area contributed by atoms with Gasteiger partial charge in [-0.15, -0.1) is 11.3 Å². The van der Waals surface area contributed by atoms with E-state index in [1.807, 2.05) is 36.5 Å². The van der Waals surface area contributed by atoms with Crippen LogP contribution in [0.25, 0.3) is 21.3 Å². The van der Waals surface area contributed by atoms with Gasteiger partial charge in [0.25, 0.3) is 0 Å². The number of pyridine rings is 1. The first-order valence-electron chi connectivity index (χ1n) is 5.42. The fourth-order valence-corrected chi connectivity index (χ4v) is 2.83. The monoisotopic (exact) mass is 241 g/mol. The highest BCUT2D eigenvalue weighted by Gasteiger charge is 2.06. The largest absolute Gasteiger partial charge is 0.391 e. The fourth-order valence-electron chi connectivity index (χ4n) is 1.92. The lowest BCUT2D eigenvalue weighted by atomic mass is 10.1. The lowest BCUT2D eigenvalue weighted by Gasteiger charge is -2.02. The van der Waals surface area contributed by atoms with E-state index >= 15 is 0 Å². The van der Waals surface area contributed by atoms with Gasteiger partial charge >= 0.3 is 0 Å². The molecule has 84 valence electrons. The van der Waals surface area contributed by atoms with Crippen LogP contribution in [-0.2, 0) is 6.61 Å². The molecule has 0 bridgehead atoms. The molecule has 0 aliphatic rings. The Labute approximate surface area is 103 Å². The van der Waals surface area contributed by atoms with Crippen molar-refractivity contribution >= 4 is 22.2 Å². The third-order valence-corrected chi connectivity index (χ3v) is 3.84. The molecule has 1 aromatic carbocycles. The van der Waals surface area contributed by atoms with Crippen molar-refractivity contribution in [3.63, 3.8) is 0 Å². The van der Waals surface area contributed by atoms with E-state index in [-0.39, 0.29) is 6.61 Å². The van der Waals surface area contributed by atoms with E-state index in [1.165, 1.54) is 10.4 Å². The van der Waals surface area contributed by atoms with Gasteiger partial charge in [-0.25, -0.2) is 0 Å². The highest BCUT2D eigenvalue weighted by molar-refractivity contribution is 7.15. The number of rotatable bonds is 2. The Balaban J connectivity index is 2.23. The zero-order chi connectivity index (χ0) is 11.7. The number of benzene rings is 1. The van der Waals surface area contributed by atoms with E-state index in [4.69, 9.17) is 5.11 Å². The smallest absolute Gasteiger partial charge is 0.0774 e. The second-order valence-electron chi connectivity index (χ2n) is 3.80. The van der Waals surface area contributed by atoms with E-state index in [0.717, 1.165) is 15.8 Å². The first kappa shape index (κ1) is 10.4. The summed E-state index contributed by atoms with van der Waals surface area (Å²) < 4.78 is 0. The third kappa shape index (κ3) is 1.84. The average molecular weight is 241 g/mol. The van der Waals surface area contributed by atoms with Gasteiger partial charge in [-0.3, -0.25) is 4.98 Å². The molecule has 3 heteroatoms. The van der Waals surface area contributed by atoms with Crippen LogP contribution in [0, 0.1) is 0 Å². The van der Waals surface area contributed by atoms with Gasteiger partial charge in [0.1, 0.15) is 0 Å². The number of hydrogen-bond donors (Lipinski definition) is 1. The molecule has 3 aromatic rings. The summed E-state index contributed by atoms with van der Waals surface area (Å²) in [7, 11) is 0. The molecule has 0 amide bonds. The van der Waals surface area contributed by atoms with E-state index in [1.54, 1.807) is 11.3 Å². The Morgan fingerprint density at radius 2 is 1.94 bits per heavy atom. The molecule has 0 unspecified atom stereocenters. The highest BCUT2D eigenvalue weighted by Crippen LogP contribution is 2.32.